The van der Waals surface area contributed by atoms with Crippen molar-refractivity contribution in [3.63, 3.8) is 0 Å². The van der Waals surface area contributed by atoms with Gasteiger partial charge in [-0.15, -0.1) is 10.2 Å². The second-order valence-corrected chi connectivity index (χ2v) is 18.8. The average molecular weight is 827 g/mol. The molecule has 58 heavy (non-hydrogen) atoms. The van der Waals surface area contributed by atoms with Gasteiger partial charge < -0.3 is 29.7 Å². The summed E-state index contributed by atoms with van der Waals surface area (Å²) < 4.78 is 44.4. The van der Waals surface area contributed by atoms with Gasteiger partial charge in [0.05, 0.1) is 24.4 Å². The molecule has 3 N–H and O–H groups in total. The van der Waals surface area contributed by atoms with Crippen LogP contribution in [0.4, 0.5) is 4.79 Å². The highest BCUT2D eigenvalue weighted by molar-refractivity contribution is 7.91. The van der Waals surface area contributed by atoms with Crippen molar-refractivity contribution in [3.05, 3.63) is 36.4 Å². The van der Waals surface area contributed by atoms with E-state index >= 15 is 4.79 Å². The number of carbonyl (C=O) groups excluding carboxylic acids is 4. The fourth-order valence-electron chi connectivity index (χ4n) is 7.95. The molecule has 4 unspecified atom stereocenters. The van der Waals surface area contributed by atoms with Crippen LogP contribution in [0.2, 0.25) is 0 Å². The number of unbranched alkanes of at least 4 members (excludes halogenated alkanes) is 2. The summed E-state index contributed by atoms with van der Waals surface area (Å²) in [4.78, 5) is 60.1. The van der Waals surface area contributed by atoms with E-state index in [4.69, 9.17) is 19.3 Å². The number of carbonyl (C=O) groups is 4. The van der Waals surface area contributed by atoms with E-state index in [-0.39, 0.29) is 12.8 Å². The lowest BCUT2D eigenvalue weighted by atomic mass is 10.0. The molecule has 0 bridgehead atoms. The topological polar surface area (TPSA) is 213 Å². The number of hydrogen-bond acceptors (Lipinski definition) is 12. The van der Waals surface area contributed by atoms with Crippen LogP contribution in [0.3, 0.4) is 0 Å². The van der Waals surface area contributed by atoms with Gasteiger partial charge in [-0.05, 0) is 102 Å². The van der Waals surface area contributed by atoms with Crippen LogP contribution in [0.15, 0.2) is 36.4 Å². The van der Waals surface area contributed by atoms with Crippen molar-refractivity contribution >= 4 is 33.8 Å². The predicted molar refractivity (Wildman–Crippen MR) is 213 cm³/mol. The molecule has 3 fully saturated rings. The maximum absolute atomic E-state index is 15.1. The summed E-state index contributed by atoms with van der Waals surface area (Å²) in [6.07, 6.45) is 10.1. The fraction of sp³-hybridized carbons (Fsp3) is 0.675. The Morgan fingerprint density at radius 1 is 1.02 bits per heavy atom. The van der Waals surface area contributed by atoms with Crippen LogP contribution in [-0.2, 0) is 33.9 Å². The number of tetrazole rings is 1. The molecule has 318 valence electrons. The molecule has 1 aromatic carbocycles. The Hall–Kier alpha value is -4.58. The van der Waals surface area contributed by atoms with Crippen LogP contribution in [0.1, 0.15) is 110 Å². The van der Waals surface area contributed by atoms with Crippen molar-refractivity contribution in [2.75, 3.05) is 20.8 Å². The Balaban J connectivity index is 1.39. The molecule has 6 atom stereocenters. The number of aromatic nitrogens is 4. The summed E-state index contributed by atoms with van der Waals surface area (Å²) in [6.45, 7) is 5.78. The Morgan fingerprint density at radius 3 is 2.47 bits per heavy atom. The van der Waals surface area contributed by atoms with Gasteiger partial charge in [-0.1, -0.05) is 37.8 Å². The van der Waals surface area contributed by atoms with Crippen LogP contribution >= 0.6 is 0 Å². The van der Waals surface area contributed by atoms with Gasteiger partial charge in [0.25, 0.3) is 5.91 Å². The summed E-state index contributed by atoms with van der Waals surface area (Å²) in [5, 5.41) is 18.7. The number of amides is 4. The van der Waals surface area contributed by atoms with Crippen molar-refractivity contribution in [1.29, 1.82) is 0 Å². The normalized spacial score (nSPS) is 27.3. The zero-order valence-corrected chi connectivity index (χ0v) is 35.0. The fourth-order valence-corrected chi connectivity index (χ4v) is 9.31. The Morgan fingerprint density at radius 2 is 1.78 bits per heavy atom. The molecule has 4 aliphatic rings. The van der Waals surface area contributed by atoms with E-state index < -0.39 is 80.3 Å². The first-order valence-corrected chi connectivity index (χ1v) is 22.0. The van der Waals surface area contributed by atoms with Gasteiger partial charge in [-0.25, -0.2) is 13.2 Å². The first kappa shape index (κ1) is 43.0. The molecule has 1 aromatic heterocycles. The number of methoxy groups -OCH3 is 2. The summed E-state index contributed by atoms with van der Waals surface area (Å²) in [5.74, 6) is -1.32. The highest BCUT2D eigenvalue weighted by Gasteiger charge is 2.62. The number of nitrogens with one attached hydrogen (secondary N) is 3. The highest BCUT2D eigenvalue weighted by Crippen LogP contribution is 2.47. The molecular formula is C40H58N8O9S. The van der Waals surface area contributed by atoms with Crippen LogP contribution < -0.4 is 20.1 Å². The van der Waals surface area contributed by atoms with Crippen LogP contribution in [0, 0.1) is 5.92 Å². The van der Waals surface area contributed by atoms with E-state index in [1.165, 1.54) is 9.70 Å². The quantitative estimate of drug-likeness (QED) is 0.194. The molecule has 4 amide bonds. The second kappa shape index (κ2) is 18.1. The van der Waals surface area contributed by atoms with Crippen LogP contribution in [0.25, 0.3) is 11.4 Å². The minimum atomic E-state index is -3.92. The third-order valence-electron chi connectivity index (χ3n) is 11.3. The van der Waals surface area contributed by atoms with Crippen molar-refractivity contribution < 1.29 is 41.8 Å². The maximum Gasteiger partial charge on any atom is 0.408 e. The standard InChI is InChI=1S/C40H58N8O9S/c1-39(2,3)57-38(52)41-30-15-11-8-6-7-10-14-27-25-40(27,37(51)45-58(53,54)29-21-22-29)42-35(49)33-24-32(31(47(33)36(30)50)16-12-9-13-23-55-4)48-44-34(43-46-48)26-17-19-28(56-5)20-18-26/h10,14,17-20,27,29-33H,6-9,11-13,15-16,21-25H2,1-5H3,(H,41,52)(H,42,49)(H,45,51)/b14-10-/t27?,30?,31-,32+,33?,40?/m0/s1. The van der Waals surface area contributed by atoms with Crippen molar-refractivity contribution in [2.24, 2.45) is 5.92 Å². The summed E-state index contributed by atoms with van der Waals surface area (Å²) in [5.41, 5.74) is -1.67. The van der Waals surface area contributed by atoms with Crippen molar-refractivity contribution in [1.82, 2.24) is 40.5 Å². The minimum Gasteiger partial charge on any atom is -0.497 e. The molecule has 3 heterocycles. The Kier molecular flexibility index (Phi) is 13.4. The molecule has 0 spiro atoms. The number of ether oxygens (including phenoxy) is 3. The van der Waals surface area contributed by atoms with Crippen molar-refractivity contribution in [2.45, 2.75) is 145 Å². The SMILES string of the molecule is COCCCCC[C@H]1[C@H](n2nnc(-c3ccc(OC)cc3)n2)CC2C(=O)NC3(C(=O)NS(=O)(=O)C4CC4)CC3/C=C\CCCCCC(NC(=O)OC(C)(C)C)C(=O)N21. The van der Waals surface area contributed by atoms with E-state index in [1.807, 2.05) is 24.3 Å². The Labute approximate surface area is 340 Å². The number of rotatable bonds is 13. The lowest BCUT2D eigenvalue weighted by Gasteiger charge is -2.35. The Bertz CT molecular complexity index is 1930. The molecular weight excluding hydrogens is 769 g/mol. The second-order valence-electron chi connectivity index (χ2n) is 16.8. The molecule has 0 radical (unpaired) electrons. The summed E-state index contributed by atoms with van der Waals surface area (Å²) in [7, 11) is -0.703. The van der Waals surface area contributed by atoms with Gasteiger partial charge in [-0.2, -0.15) is 4.80 Å². The number of allylic oxidation sites excluding steroid dienone is 1. The minimum absolute atomic E-state index is 0.0659. The van der Waals surface area contributed by atoms with Gasteiger partial charge in [0.1, 0.15) is 29.0 Å². The lowest BCUT2D eigenvalue weighted by molar-refractivity contribution is -0.143. The first-order valence-electron chi connectivity index (χ1n) is 20.4. The van der Waals surface area contributed by atoms with Gasteiger partial charge in [-0.3, -0.25) is 19.1 Å². The zero-order valence-electron chi connectivity index (χ0n) is 34.1. The van der Waals surface area contributed by atoms with Gasteiger partial charge in [0.15, 0.2) is 0 Å². The zero-order chi connectivity index (χ0) is 41.7. The number of nitrogens with zero attached hydrogens (tertiary/aromatic N) is 5. The van der Waals surface area contributed by atoms with E-state index in [0.29, 0.717) is 68.7 Å². The third-order valence-corrected chi connectivity index (χ3v) is 13.1. The lowest BCUT2D eigenvalue weighted by Crippen LogP contribution is -2.59. The predicted octanol–water partition coefficient (Wildman–Crippen LogP) is 3.96. The number of benzene rings is 1. The number of alkyl carbamates (subject to hydrolysis) is 1. The largest absolute Gasteiger partial charge is 0.497 e. The molecule has 2 aliphatic carbocycles. The smallest absolute Gasteiger partial charge is 0.408 e. The van der Waals surface area contributed by atoms with E-state index in [0.717, 1.165) is 25.7 Å². The van der Waals surface area contributed by atoms with Crippen molar-refractivity contribution in [3.8, 4) is 17.1 Å². The molecule has 2 saturated carbocycles. The number of fused-ring (bicyclic) bond motifs is 2. The van der Waals surface area contributed by atoms with E-state index in [1.54, 1.807) is 47.1 Å². The summed E-state index contributed by atoms with van der Waals surface area (Å²) >= 11 is 0. The molecule has 18 heteroatoms. The average Bonchev–Trinajstić information content (AvgIpc) is 4.06. The molecule has 2 aliphatic heterocycles. The number of sulfonamides is 1. The third kappa shape index (κ3) is 10.3. The van der Waals surface area contributed by atoms with Crippen LogP contribution in [0.5, 0.6) is 5.75 Å². The first-order chi connectivity index (χ1) is 27.7. The molecule has 2 aromatic rings. The molecule has 6 rings (SSSR count). The highest BCUT2D eigenvalue weighted by atomic mass is 32.2. The van der Waals surface area contributed by atoms with Crippen LogP contribution in [-0.4, -0.2) is 113 Å². The monoisotopic (exact) mass is 826 g/mol. The number of hydrogen-bond donors (Lipinski definition) is 3. The van der Waals surface area contributed by atoms with E-state index in [9.17, 15) is 22.8 Å². The summed E-state index contributed by atoms with van der Waals surface area (Å²) in [6, 6.07) is 3.76. The van der Waals surface area contributed by atoms with Gasteiger partial charge >= 0.3 is 6.09 Å². The van der Waals surface area contributed by atoms with Gasteiger partial charge in [0.2, 0.25) is 27.7 Å². The van der Waals surface area contributed by atoms with Gasteiger partial charge in [0, 0.05) is 31.6 Å². The molecule has 17 nitrogen and oxygen atoms in total. The molecule has 1 saturated heterocycles. The van der Waals surface area contributed by atoms with E-state index in [2.05, 4.69) is 25.7 Å². The maximum atomic E-state index is 15.1.